The van der Waals surface area contributed by atoms with Crippen molar-refractivity contribution < 1.29 is 9.59 Å². The zero-order valence-corrected chi connectivity index (χ0v) is 11.2. The van der Waals surface area contributed by atoms with Gasteiger partial charge in [-0.25, -0.2) is 0 Å². The molecule has 4 rings (SSSR count). The Bertz CT molecular complexity index is 780. The molecule has 1 heterocycles. The van der Waals surface area contributed by atoms with Crippen molar-refractivity contribution in [3.05, 3.63) is 47.5 Å². The van der Waals surface area contributed by atoms with Gasteiger partial charge in [-0.05, 0) is 36.3 Å². The number of hydrogen-bond donors (Lipinski definition) is 0. The number of amides is 2. The van der Waals surface area contributed by atoms with Gasteiger partial charge >= 0.3 is 0 Å². The van der Waals surface area contributed by atoms with Gasteiger partial charge in [0.2, 0.25) is 0 Å². The number of benzene rings is 2. The molecular weight excluding hydrogens is 264 g/mol. The van der Waals surface area contributed by atoms with Crippen LogP contribution in [0.2, 0.25) is 0 Å². The van der Waals surface area contributed by atoms with Crippen LogP contribution in [0.5, 0.6) is 0 Å². The second kappa shape index (κ2) is 4.16. The molecule has 1 aliphatic carbocycles. The minimum absolute atomic E-state index is 0.132. The summed E-state index contributed by atoms with van der Waals surface area (Å²) < 4.78 is 0. The van der Waals surface area contributed by atoms with Crippen LogP contribution in [0.1, 0.15) is 33.6 Å². The standard InChI is InChI=1S/C17H12N2O2/c18-9-14(10-7-8-10)19-16(20)12-5-1-3-11-4-2-6-13(15(11)12)17(19)21/h1-6,10,14H,7-8H2. The largest absolute Gasteiger partial charge is 0.269 e. The minimum atomic E-state index is -0.645. The summed E-state index contributed by atoms with van der Waals surface area (Å²) in [5.41, 5.74) is 1.03. The van der Waals surface area contributed by atoms with E-state index in [1.807, 2.05) is 24.3 Å². The zero-order chi connectivity index (χ0) is 14.6. The Morgan fingerprint density at radius 3 is 2.10 bits per heavy atom. The van der Waals surface area contributed by atoms with Crippen LogP contribution >= 0.6 is 0 Å². The van der Waals surface area contributed by atoms with Gasteiger partial charge in [-0.3, -0.25) is 14.5 Å². The Labute approximate surface area is 121 Å². The maximum Gasteiger partial charge on any atom is 0.262 e. The van der Waals surface area contributed by atoms with E-state index < -0.39 is 6.04 Å². The molecule has 2 aromatic carbocycles. The first kappa shape index (κ1) is 12.1. The zero-order valence-electron chi connectivity index (χ0n) is 11.2. The van der Waals surface area contributed by atoms with Gasteiger partial charge in [0.05, 0.1) is 6.07 Å². The first-order valence-corrected chi connectivity index (χ1v) is 7.01. The van der Waals surface area contributed by atoms with Crippen LogP contribution in [0.25, 0.3) is 10.8 Å². The topological polar surface area (TPSA) is 61.2 Å². The number of nitriles is 1. The van der Waals surface area contributed by atoms with Crippen LogP contribution in [0.15, 0.2) is 36.4 Å². The number of hydrogen-bond acceptors (Lipinski definition) is 3. The summed E-state index contributed by atoms with van der Waals surface area (Å²) in [6.45, 7) is 0. The summed E-state index contributed by atoms with van der Waals surface area (Å²) in [4.78, 5) is 26.6. The first-order valence-electron chi connectivity index (χ1n) is 7.01. The Kier molecular flexibility index (Phi) is 2.40. The fourth-order valence-electron chi connectivity index (χ4n) is 3.09. The molecule has 1 atom stereocenters. The number of imide groups is 1. The van der Waals surface area contributed by atoms with E-state index in [9.17, 15) is 14.9 Å². The van der Waals surface area contributed by atoms with Crippen molar-refractivity contribution >= 4 is 22.6 Å². The number of rotatable bonds is 2. The first-order chi connectivity index (χ1) is 10.2. The highest BCUT2D eigenvalue weighted by Gasteiger charge is 2.44. The summed E-state index contributed by atoms with van der Waals surface area (Å²) >= 11 is 0. The average molecular weight is 276 g/mol. The molecule has 102 valence electrons. The van der Waals surface area contributed by atoms with E-state index in [4.69, 9.17) is 0 Å². The van der Waals surface area contributed by atoms with E-state index in [1.54, 1.807) is 12.1 Å². The molecule has 1 unspecified atom stereocenters. The average Bonchev–Trinajstić information content (AvgIpc) is 3.33. The molecule has 0 radical (unpaired) electrons. The van der Waals surface area contributed by atoms with Crippen molar-refractivity contribution in [2.24, 2.45) is 5.92 Å². The lowest BCUT2D eigenvalue weighted by Crippen LogP contribution is -2.47. The quantitative estimate of drug-likeness (QED) is 0.792. The summed E-state index contributed by atoms with van der Waals surface area (Å²) in [7, 11) is 0. The van der Waals surface area contributed by atoms with Crippen LogP contribution in [-0.2, 0) is 0 Å². The molecule has 4 nitrogen and oxygen atoms in total. The van der Waals surface area contributed by atoms with E-state index >= 15 is 0 Å². The van der Waals surface area contributed by atoms with Crippen LogP contribution < -0.4 is 0 Å². The lowest BCUT2D eigenvalue weighted by Gasteiger charge is -2.30. The molecule has 1 saturated carbocycles. The van der Waals surface area contributed by atoms with Crippen LogP contribution in [0, 0.1) is 17.2 Å². The lowest BCUT2D eigenvalue weighted by molar-refractivity contribution is 0.0560. The van der Waals surface area contributed by atoms with E-state index in [0.717, 1.165) is 23.1 Å². The molecule has 4 heteroatoms. The van der Waals surface area contributed by atoms with Crippen molar-refractivity contribution in [3.63, 3.8) is 0 Å². The van der Waals surface area contributed by atoms with E-state index in [1.165, 1.54) is 0 Å². The molecular formula is C17H12N2O2. The van der Waals surface area contributed by atoms with Gasteiger partial charge in [0.1, 0.15) is 6.04 Å². The Hall–Kier alpha value is -2.67. The Morgan fingerprint density at radius 1 is 1.05 bits per heavy atom. The van der Waals surface area contributed by atoms with E-state index in [0.29, 0.717) is 16.5 Å². The van der Waals surface area contributed by atoms with Gasteiger partial charge in [-0.15, -0.1) is 0 Å². The SMILES string of the molecule is N#CC(C1CC1)N1C(=O)c2cccc3cccc(c23)C1=O. The van der Waals surface area contributed by atoms with Crippen molar-refractivity contribution in [2.75, 3.05) is 0 Å². The van der Waals surface area contributed by atoms with Gasteiger partial charge in [-0.2, -0.15) is 5.26 Å². The summed E-state index contributed by atoms with van der Waals surface area (Å²) in [6.07, 6.45) is 1.81. The van der Waals surface area contributed by atoms with Crippen molar-refractivity contribution in [3.8, 4) is 6.07 Å². The summed E-state index contributed by atoms with van der Waals surface area (Å²) in [5.74, 6) is -0.558. The molecule has 0 N–H and O–H groups in total. The molecule has 0 aromatic heterocycles. The molecule has 2 aromatic rings. The molecule has 0 bridgehead atoms. The number of carbonyl (C=O) groups is 2. The predicted molar refractivity (Wildman–Crippen MR) is 76.6 cm³/mol. The second-order valence-corrected chi connectivity index (χ2v) is 5.60. The number of nitrogens with zero attached hydrogens (tertiary/aromatic N) is 2. The highest BCUT2D eigenvalue weighted by molar-refractivity contribution is 6.25. The lowest BCUT2D eigenvalue weighted by atomic mass is 9.93. The fraction of sp³-hybridized carbons (Fsp3) is 0.235. The third-order valence-corrected chi connectivity index (χ3v) is 4.28. The van der Waals surface area contributed by atoms with E-state index in [-0.39, 0.29) is 17.7 Å². The van der Waals surface area contributed by atoms with Crippen molar-refractivity contribution in [1.29, 1.82) is 5.26 Å². The third kappa shape index (κ3) is 1.61. The monoisotopic (exact) mass is 276 g/mol. The second-order valence-electron chi connectivity index (χ2n) is 5.60. The van der Waals surface area contributed by atoms with Gasteiger partial charge in [0.25, 0.3) is 11.8 Å². The molecule has 2 amide bonds. The van der Waals surface area contributed by atoms with Crippen LogP contribution in [0.4, 0.5) is 0 Å². The predicted octanol–water partition coefficient (Wildman–Crippen LogP) is 2.74. The molecule has 0 saturated heterocycles. The van der Waals surface area contributed by atoms with Crippen molar-refractivity contribution in [2.45, 2.75) is 18.9 Å². The Morgan fingerprint density at radius 2 is 1.62 bits per heavy atom. The van der Waals surface area contributed by atoms with Crippen LogP contribution in [-0.4, -0.2) is 22.8 Å². The summed E-state index contributed by atoms with van der Waals surface area (Å²) in [5, 5.41) is 11.0. The van der Waals surface area contributed by atoms with E-state index in [2.05, 4.69) is 6.07 Å². The summed E-state index contributed by atoms with van der Waals surface area (Å²) in [6, 6.07) is 12.4. The molecule has 0 spiro atoms. The Balaban J connectivity index is 1.95. The maximum atomic E-state index is 12.7. The van der Waals surface area contributed by atoms with Gasteiger partial charge in [0.15, 0.2) is 0 Å². The highest BCUT2D eigenvalue weighted by atomic mass is 16.2. The van der Waals surface area contributed by atoms with Gasteiger partial charge in [0, 0.05) is 16.5 Å². The number of carbonyl (C=O) groups excluding carboxylic acids is 2. The molecule has 1 fully saturated rings. The van der Waals surface area contributed by atoms with Crippen molar-refractivity contribution in [1.82, 2.24) is 4.90 Å². The third-order valence-electron chi connectivity index (χ3n) is 4.28. The van der Waals surface area contributed by atoms with Gasteiger partial charge < -0.3 is 0 Å². The highest BCUT2D eigenvalue weighted by Crippen LogP contribution is 2.39. The molecule has 1 aliphatic heterocycles. The maximum absolute atomic E-state index is 12.7. The molecule has 2 aliphatic rings. The van der Waals surface area contributed by atoms with Crippen LogP contribution in [0.3, 0.4) is 0 Å². The minimum Gasteiger partial charge on any atom is -0.269 e. The fourth-order valence-corrected chi connectivity index (χ4v) is 3.09. The van der Waals surface area contributed by atoms with Gasteiger partial charge in [-0.1, -0.05) is 24.3 Å². The smallest absolute Gasteiger partial charge is 0.262 e. The molecule has 21 heavy (non-hydrogen) atoms. The normalized spacial score (nSPS) is 18.7.